The minimum Gasteiger partial charge on any atom is -0.497 e. The molecule has 0 N–H and O–H groups in total. The maximum atomic E-state index is 12.4. The summed E-state index contributed by atoms with van der Waals surface area (Å²) in [5, 5.41) is 0. The van der Waals surface area contributed by atoms with Crippen LogP contribution < -0.4 is 9.47 Å². The summed E-state index contributed by atoms with van der Waals surface area (Å²) in [6, 6.07) is 5.04. The molecule has 0 atom stereocenters. The Morgan fingerprint density at radius 3 is 1.95 bits per heavy atom. The van der Waals surface area contributed by atoms with Gasteiger partial charge in [-0.15, -0.1) is 0 Å². The van der Waals surface area contributed by atoms with E-state index in [2.05, 4.69) is 0 Å². The molecule has 0 aliphatic rings. The first-order chi connectivity index (χ1) is 9.55. The first kappa shape index (κ1) is 16.3. The molecule has 0 unspecified atom stereocenters. The quantitative estimate of drug-likeness (QED) is 0.708. The van der Waals surface area contributed by atoms with Crippen molar-refractivity contribution >= 4 is 5.91 Å². The number of hydrogen-bond donors (Lipinski definition) is 0. The highest BCUT2D eigenvalue weighted by atomic mass is 16.7. The molecule has 0 aliphatic carbocycles. The second kappa shape index (κ2) is 7.72. The van der Waals surface area contributed by atoms with E-state index >= 15 is 0 Å². The van der Waals surface area contributed by atoms with Crippen LogP contribution in [0.2, 0.25) is 0 Å². The fourth-order valence-corrected chi connectivity index (χ4v) is 1.70. The number of methoxy groups -OCH3 is 4. The van der Waals surface area contributed by atoms with E-state index in [0.29, 0.717) is 23.6 Å². The molecule has 0 bridgehead atoms. The van der Waals surface area contributed by atoms with Gasteiger partial charge in [0, 0.05) is 32.9 Å². The van der Waals surface area contributed by atoms with E-state index in [1.807, 2.05) is 0 Å². The van der Waals surface area contributed by atoms with Crippen LogP contribution in [-0.2, 0) is 9.47 Å². The smallest absolute Gasteiger partial charge is 0.254 e. The highest BCUT2D eigenvalue weighted by Gasteiger charge is 2.18. The lowest BCUT2D eigenvalue weighted by molar-refractivity contribution is -0.110. The maximum absolute atomic E-state index is 12.4. The summed E-state index contributed by atoms with van der Waals surface area (Å²) in [5.41, 5.74) is 0.481. The summed E-state index contributed by atoms with van der Waals surface area (Å²) in [7, 11) is 7.82. The van der Waals surface area contributed by atoms with E-state index in [1.165, 1.54) is 19.1 Å². The van der Waals surface area contributed by atoms with Crippen LogP contribution in [-0.4, -0.2) is 59.1 Å². The molecule has 6 heteroatoms. The Morgan fingerprint density at radius 1 is 1.05 bits per heavy atom. The van der Waals surface area contributed by atoms with Crippen LogP contribution in [0, 0.1) is 0 Å². The van der Waals surface area contributed by atoms with Crippen LogP contribution in [0.1, 0.15) is 10.4 Å². The zero-order chi connectivity index (χ0) is 15.1. The third-order valence-electron chi connectivity index (χ3n) is 2.89. The largest absolute Gasteiger partial charge is 0.497 e. The Bertz CT molecular complexity index is 423. The van der Waals surface area contributed by atoms with Gasteiger partial charge in [-0.3, -0.25) is 4.79 Å². The van der Waals surface area contributed by atoms with E-state index < -0.39 is 6.29 Å². The fourth-order valence-electron chi connectivity index (χ4n) is 1.70. The summed E-state index contributed by atoms with van der Waals surface area (Å²) < 4.78 is 20.5. The van der Waals surface area contributed by atoms with Gasteiger partial charge in [-0.1, -0.05) is 0 Å². The minimum absolute atomic E-state index is 0.165. The van der Waals surface area contributed by atoms with E-state index in [4.69, 9.17) is 18.9 Å². The van der Waals surface area contributed by atoms with Crippen LogP contribution in [0.5, 0.6) is 11.5 Å². The van der Waals surface area contributed by atoms with Gasteiger partial charge in [0.2, 0.25) is 0 Å². The van der Waals surface area contributed by atoms with Crippen molar-refractivity contribution in [1.29, 1.82) is 0 Å². The van der Waals surface area contributed by atoms with E-state index in [-0.39, 0.29) is 5.91 Å². The van der Waals surface area contributed by atoms with Crippen molar-refractivity contribution in [3.8, 4) is 11.5 Å². The molecule has 0 radical (unpaired) electrons. The minimum atomic E-state index is -0.462. The van der Waals surface area contributed by atoms with Crippen molar-refractivity contribution in [1.82, 2.24) is 4.90 Å². The van der Waals surface area contributed by atoms with E-state index in [1.54, 1.807) is 39.5 Å². The summed E-state index contributed by atoms with van der Waals surface area (Å²) in [6.07, 6.45) is -0.462. The molecule has 1 rings (SSSR count). The molecule has 0 aliphatic heterocycles. The third-order valence-corrected chi connectivity index (χ3v) is 2.89. The number of amides is 1. The Balaban J connectivity index is 2.90. The molecular weight excluding hydrogens is 262 g/mol. The molecular formula is C14H21NO5. The standard InChI is InChI=1S/C14H21NO5/c1-15(9-13(19-4)20-5)14(16)10-6-11(17-2)8-12(7-10)18-3/h6-8,13H,9H2,1-5H3. The van der Waals surface area contributed by atoms with Gasteiger partial charge >= 0.3 is 0 Å². The highest BCUT2D eigenvalue weighted by Crippen LogP contribution is 2.23. The molecule has 1 aromatic rings. The van der Waals surface area contributed by atoms with Crippen molar-refractivity contribution in [3.63, 3.8) is 0 Å². The predicted octanol–water partition coefficient (Wildman–Crippen LogP) is 1.39. The van der Waals surface area contributed by atoms with Gasteiger partial charge in [-0.25, -0.2) is 0 Å². The second-order valence-corrected chi connectivity index (χ2v) is 4.19. The van der Waals surface area contributed by atoms with Gasteiger partial charge in [0.15, 0.2) is 6.29 Å². The monoisotopic (exact) mass is 283 g/mol. The van der Waals surface area contributed by atoms with Crippen molar-refractivity contribution in [2.45, 2.75) is 6.29 Å². The SMILES string of the molecule is COc1cc(OC)cc(C(=O)N(C)CC(OC)OC)c1. The van der Waals surface area contributed by atoms with Gasteiger partial charge < -0.3 is 23.8 Å². The molecule has 0 aromatic heterocycles. The molecule has 0 heterocycles. The Hall–Kier alpha value is -1.79. The predicted molar refractivity (Wildman–Crippen MR) is 74.3 cm³/mol. The number of hydrogen-bond acceptors (Lipinski definition) is 5. The average molecular weight is 283 g/mol. The third kappa shape index (κ3) is 4.11. The average Bonchev–Trinajstić information content (AvgIpc) is 2.50. The van der Waals surface area contributed by atoms with Gasteiger partial charge in [-0.05, 0) is 12.1 Å². The zero-order valence-corrected chi connectivity index (χ0v) is 12.5. The molecule has 0 saturated carbocycles. The van der Waals surface area contributed by atoms with E-state index in [0.717, 1.165) is 0 Å². The molecule has 6 nitrogen and oxygen atoms in total. The lowest BCUT2D eigenvalue weighted by Gasteiger charge is -2.22. The topological polar surface area (TPSA) is 57.2 Å². The van der Waals surface area contributed by atoms with Gasteiger partial charge in [0.05, 0.1) is 20.8 Å². The molecule has 1 amide bonds. The number of rotatable bonds is 7. The zero-order valence-electron chi connectivity index (χ0n) is 12.5. The van der Waals surface area contributed by atoms with Crippen LogP contribution >= 0.6 is 0 Å². The van der Waals surface area contributed by atoms with Crippen molar-refractivity contribution in [3.05, 3.63) is 23.8 Å². The molecule has 20 heavy (non-hydrogen) atoms. The van der Waals surface area contributed by atoms with Crippen molar-refractivity contribution in [2.75, 3.05) is 42.0 Å². The Labute approximate surface area is 119 Å². The Morgan fingerprint density at radius 2 is 1.55 bits per heavy atom. The number of nitrogens with zero attached hydrogens (tertiary/aromatic N) is 1. The Kier molecular flexibility index (Phi) is 6.27. The number of ether oxygens (including phenoxy) is 4. The summed E-state index contributed by atoms with van der Waals surface area (Å²) in [5.74, 6) is 0.966. The van der Waals surface area contributed by atoms with Crippen molar-refractivity contribution < 1.29 is 23.7 Å². The first-order valence-corrected chi connectivity index (χ1v) is 6.09. The number of benzene rings is 1. The lowest BCUT2D eigenvalue weighted by Crippen LogP contribution is -2.36. The fraction of sp³-hybridized carbons (Fsp3) is 0.500. The molecule has 112 valence electrons. The van der Waals surface area contributed by atoms with Crippen LogP contribution in [0.3, 0.4) is 0 Å². The summed E-state index contributed by atoms with van der Waals surface area (Å²) in [4.78, 5) is 13.9. The molecule has 0 saturated heterocycles. The normalized spacial score (nSPS) is 10.5. The highest BCUT2D eigenvalue weighted by molar-refractivity contribution is 5.95. The van der Waals surface area contributed by atoms with Crippen LogP contribution in [0.15, 0.2) is 18.2 Å². The molecule has 1 aromatic carbocycles. The number of carbonyl (C=O) groups is 1. The number of carbonyl (C=O) groups excluding carboxylic acids is 1. The first-order valence-electron chi connectivity index (χ1n) is 6.09. The summed E-state index contributed by atoms with van der Waals surface area (Å²) >= 11 is 0. The second-order valence-electron chi connectivity index (χ2n) is 4.19. The summed E-state index contributed by atoms with van der Waals surface area (Å²) in [6.45, 7) is 0.325. The molecule has 0 spiro atoms. The van der Waals surface area contributed by atoms with E-state index in [9.17, 15) is 4.79 Å². The molecule has 0 fully saturated rings. The van der Waals surface area contributed by atoms with Crippen LogP contribution in [0.4, 0.5) is 0 Å². The maximum Gasteiger partial charge on any atom is 0.254 e. The van der Waals surface area contributed by atoms with Crippen LogP contribution in [0.25, 0.3) is 0 Å². The van der Waals surface area contributed by atoms with Gasteiger partial charge in [-0.2, -0.15) is 0 Å². The van der Waals surface area contributed by atoms with Crippen molar-refractivity contribution in [2.24, 2.45) is 0 Å². The van der Waals surface area contributed by atoms with Gasteiger partial charge in [0.1, 0.15) is 11.5 Å². The number of likely N-dealkylation sites (N-methyl/N-ethyl adjacent to an activating group) is 1. The van der Waals surface area contributed by atoms with Gasteiger partial charge in [0.25, 0.3) is 5.91 Å². The lowest BCUT2D eigenvalue weighted by atomic mass is 10.1.